The fraction of sp³-hybridized carbons (Fsp3) is 0.240. The van der Waals surface area contributed by atoms with E-state index in [0.29, 0.717) is 33.4 Å². The molecule has 0 saturated carbocycles. The van der Waals surface area contributed by atoms with Crippen molar-refractivity contribution in [2.75, 3.05) is 0 Å². The van der Waals surface area contributed by atoms with Crippen molar-refractivity contribution in [3.63, 3.8) is 0 Å². The minimum absolute atomic E-state index is 0.102. The zero-order valence-electron chi connectivity index (χ0n) is 17.1. The number of carbonyl (C=O) groups excluding carboxylic acids is 1. The lowest BCUT2D eigenvalue weighted by Crippen LogP contribution is -2.11. The van der Waals surface area contributed by atoms with Crippen LogP contribution in [0.4, 0.5) is 13.2 Å². The standard InChI is InChI=1S/C25H22F3N2O/c1-2-3-4-6-15-9-10-18-22(11-15)30(14-16-12-17(26)13-20(27)24(16)28)21-8-5-7-19(23(18)21)25(29)31/h5,7-9,11-13H,2-4,6,14H2,1H3,(H2,29,31). The number of primary amides is 1. The van der Waals surface area contributed by atoms with Gasteiger partial charge in [0.25, 0.3) is 0 Å². The third-order valence-electron chi connectivity index (χ3n) is 5.59. The average molecular weight is 423 g/mol. The number of unbranched alkanes of at least 4 members (excludes halogenated alkanes) is 2. The number of benzene rings is 3. The quantitative estimate of drug-likeness (QED) is 0.292. The summed E-state index contributed by atoms with van der Waals surface area (Å²) in [6.07, 6.45) is 4.07. The summed E-state index contributed by atoms with van der Waals surface area (Å²) >= 11 is 0. The number of nitrogens with two attached hydrogens (primary N) is 1. The van der Waals surface area contributed by atoms with Crippen molar-refractivity contribution in [1.29, 1.82) is 0 Å². The zero-order chi connectivity index (χ0) is 22.1. The number of halogens is 3. The van der Waals surface area contributed by atoms with Crippen LogP contribution in [0.25, 0.3) is 21.8 Å². The van der Waals surface area contributed by atoms with Crippen molar-refractivity contribution in [2.45, 2.75) is 39.2 Å². The van der Waals surface area contributed by atoms with Crippen LogP contribution in [0.15, 0.2) is 42.5 Å². The lowest BCUT2D eigenvalue weighted by atomic mass is 10.0. The molecule has 3 nitrogen and oxygen atoms in total. The topological polar surface area (TPSA) is 48.0 Å². The molecule has 6 heteroatoms. The van der Waals surface area contributed by atoms with Crippen molar-refractivity contribution >= 4 is 27.7 Å². The molecule has 31 heavy (non-hydrogen) atoms. The average Bonchev–Trinajstić information content (AvgIpc) is 3.05. The number of aromatic nitrogens is 1. The van der Waals surface area contributed by atoms with Gasteiger partial charge < -0.3 is 10.3 Å². The first-order valence-electron chi connectivity index (χ1n) is 10.3. The number of carbonyl (C=O) groups is 1. The smallest absolute Gasteiger partial charge is 0.249 e. The Morgan fingerprint density at radius 2 is 1.90 bits per heavy atom. The maximum absolute atomic E-state index is 14.4. The molecule has 2 N–H and O–H groups in total. The van der Waals surface area contributed by atoms with E-state index in [1.807, 2.05) is 12.1 Å². The lowest BCUT2D eigenvalue weighted by molar-refractivity contribution is 0.100. The number of rotatable bonds is 7. The zero-order valence-corrected chi connectivity index (χ0v) is 17.1. The number of nitrogens with zero attached hydrogens (tertiary/aromatic N) is 1. The van der Waals surface area contributed by atoms with Crippen LogP contribution in [-0.2, 0) is 13.0 Å². The number of hydrogen-bond donors (Lipinski definition) is 1. The Morgan fingerprint density at radius 3 is 2.65 bits per heavy atom. The molecule has 4 aromatic rings. The number of amides is 1. The SMILES string of the molecule is CCCCCc1c[c]c2c3c(C(N)=O)cccc3n(Cc3cc(F)cc(F)c3F)c2c1. The molecule has 0 unspecified atom stereocenters. The minimum atomic E-state index is -1.24. The maximum atomic E-state index is 14.4. The molecule has 3 aromatic carbocycles. The molecule has 0 aliphatic carbocycles. The van der Waals surface area contributed by atoms with E-state index in [-0.39, 0.29) is 12.1 Å². The van der Waals surface area contributed by atoms with Gasteiger partial charge >= 0.3 is 0 Å². The van der Waals surface area contributed by atoms with Gasteiger partial charge in [0, 0.05) is 28.0 Å². The highest BCUT2D eigenvalue weighted by atomic mass is 19.2. The second-order valence-electron chi connectivity index (χ2n) is 7.74. The lowest BCUT2D eigenvalue weighted by Gasteiger charge is -2.10. The normalized spacial score (nSPS) is 11.5. The Bertz CT molecular complexity index is 1290. The predicted molar refractivity (Wildman–Crippen MR) is 115 cm³/mol. The van der Waals surface area contributed by atoms with Crippen LogP contribution in [-0.4, -0.2) is 10.5 Å². The summed E-state index contributed by atoms with van der Waals surface area (Å²) in [7, 11) is 0. The van der Waals surface area contributed by atoms with Crippen molar-refractivity contribution in [1.82, 2.24) is 4.57 Å². The van der Waals surface area contributed by atoms with Gasteiger partial charge in [-0.25, -0.2) is 13.2 Å². The number of aryl methyl sites for hydroxylation is 1. The fourth-order valence-corrected chi connectivity index (χ4v) is 4.09. The second kappa shape index (κ2) is 8.46. The molecule has 0 aliphatic heterocycles. The molecule has 0 saturated heterocycles. The van der Waals surface area contributed by atoms with Gasteiger partial charge in [0.15, 0.2) is 11.6 Å². The summed E-state index contributed by atoms with van der Waals surface area (Å²) in [5.74, 6) is -3.77. The van der Waals surface area contributed by atoms with E-state index >= 15 is 0 Å². The Hall–Kier alpha value is -3.28. The molecule has 1 aromatic heterocycles. The summed E-state index contributed by atoms with van der Waals surface area (Å²) < 4.78 is 43.8. The van der Waals surface area contributed by atoms with Crippen LogP contribution >= 0.6 is 0 Å². The van der Waals surface area contributed by atoms with Crippen molar-refractivity contribution < 1.29 is 18.0 Å². The second-order valence-corrected chi connectivity index (χ2v) is 7.74. The molecular weight excluding hydrogens is 401 g/mol. The van der Waals surface area contributed by atoms with Crippen LogP contribution < -0.4 is 5.73 Å². The van der Waals surface area contributed by atoms with E-state index in [1.54, 1.807) is 22.8 Å². The summed E-state index contributed by atoms with van der Waals surface area (Å²) in [5.41, 5.74) is 8.18. The summed E-state index contributed by atoms with van der Waals surface area (Å²) in [6.45, 7) is 2.03. The third-order valence-corrected chi connectivity index (χ3v) is 5.59. The first-order chi connectivity index (χ1) is 14.9. The molecule has 0 bridgehead atoms. The Kier molecular flexibility index (Phi) is 5.72. The highest BCUT2D eigenvalue weighted by molar-refractivity contribution is 6.17. The molecule has 0 spiro atoms. The Labute approximate surface area is 178 Å². The highest BCUT2D eigenvalue weighted by Crippen LogP contribution is 2.33. The van der Waals surface area contributed by atoms with Gasteiger partial charge in [0.1, 0.15) is 5.82 Å². The van der Waals surface area contributed by atoms with E-state index in [9.17, 15) is 18.0 Å². The van der Waals surface area contributed by atoms with Gasteiger partial charge in [-0.1, -0.05) is 31.9 Å². The molecule has 1 radical (unpaired) electrons. The molecular formula is C25H22F3N2O. The Balaban J connectivity index is 1.95. The van der Waals surface area contributed by atoms with Crippen LogP contribution in [0.1, 0.15) is 47.7 Å². The van der Waals surface area contributed by atoms with Crippen molar-refractivity contribution in [3.8, 4) is 0 Å². The fourth-order valence-electron chi connectivity index (χ4n) is 4.09. The Morgan fingerprint density at radius 1 is 1.10 bits per heavy atom. The molecule has 1 amide bonds. The van der Waals surface area contributed by atoms with Crippen LogP contribution in [0.3, 0.4) is 0 Å². The molecule has 0 atom stereocenters. The molecule has 1 heterocycles. The summed E-state index contributed by atoms with van der Waals surface area (Å²) in [6, 6.07) is 13.7. The molecule has 159 valence electrons. The van der Waals surface area contributed by atoms with Crippen LogP contribution in [0, 0.1) is 23.5 Å². The van der Waals surface area contributed by atoms with Gasteiger partial charge in [0.05, 0.1) is 17.6 Å². The summed E-state index contributed by atoms with van der Waals surface area (Å²) in [5, 5.41) is 1.27. The van der Waals surface area contributed by atoms with Crippen molar-refractivity contribution in [3.05, 3.63) is 82.7 Å². The van der Waals surface area contributed by atoms with E-state index in [1.165, 1.54) is 0 Å². The van der Waals surface area contributed by atoms with Crippen molar-refractivity contribution in [2.24, 2.45) is 5.73 Å². The first kappa shape index (κ1) is 21.0. The monoisotopic (exact) mass is 423 g/mol. The van der Waals surface area contributed by atoms with E-state index in [0.717, 1.165) is 37.3 Å². The largest absolute Gasteiger partial charge is 0.366 e. The maximum Gasteiger partial charge on any atom is 0.249 e. The van der Waals surface area contributed by atoms with Gasteiger partial charge in [-0.3, -0.25) is 4.79 Å². The highest BCUT2D eigenvalue weighted by Gasteiger charge is 2.19. The van der Waals surface area contributed by atoms with E-state index < -0.39 is 23.4 Å². The third kappa shape index (κ3) is 3.90. The number of hydrogen-bond acceptors (Lipinski definition) is 1. The van der Waals surface area contributed by atoms with Gasteiger partial charge in [-0.2, -0.15) is 0 Å². The summed E-state index contributed by atoms with van der Waals surface area (Å²) in [4.78, 5) is 12.1. The molecule has 4 rings (SSSR count). The van der Waals surface area contributed by atoms with Gasteiger partial charge in [-0.15, -0.1) is 0 Å². The first-order valence-corrected chi connectivity index (χ1v) is 10.3. The van der Waals surface area contributed by atoms with E-state index in [4.69, 9.17) is 5.73 Å². The van der Waals surface area contributed by atoms with Gasteiger partial charge in [-0.05, 0) is 48.7 Å². The van der Waals surface area contributed by atoms with Crippen LogP contribution in [0.5, 0.6) is 0 Å². The van der Waals surface area contributed by atoms with Crippen LogP contribution in [0.2, 0.25) is 0 Å². The molecule has 0 aliphatic rings. The number of fused-ring (bicyclic) bond motifs is 3. The minimum Gasteiger partial charge on any atom is -0.366 e. The predicted octanol–water partition coefficient (Wildman–Crippen LogP) is 5.89. The van der Waals surface area contributed by atoms with Gasteiger partial charge in [0.2, 0.25) is 5.91 Å². The molecule has 0 fully saturated rings. The van der Waals surface area contributed by atoms with E-state index in [2.05, 4.69) is 13.0 Å².